The van der Waals surface area contributed by atoms with Crippen LogP contribution < -0.4 is 10.2 Å². The first-order valence-corrected chi connectivity index (χ1v) is 8.61. The van der Waals surface area contributed by atoms with E-state index in [1.807, 2.05) is 41.3 Å². The number of rotatable bonds is 5. The fourth-order valence-corrected chi connectivity index (χ4v) is 3.09. The van der Waals surface area contributed by atoms with Crippen molar-refractivity contribution in [3.8, 4) is 0 Å². The summed E-state index contributed by atoms with van der Waals surface area (Å²) in [6, 6.07) is 14.9. The van der Waals surface area contributed by atoms with Crippen LogP contribution in [0.5, 0.6) is 0 Å². The van der Waals surface area contributed by atoms with Crippen molar-refractivity contribution >= 4 is 23.0 Å². The Morgan fingerprint density at radius 1 is 1.12 bits per heavy atom. The van der Waals surface area contributed by atoms with E-state index in [0.29, 0.717) is 25.3 Å². The van der Waals surface area contributed by atoms with Crippen LogP contribution in [0.1, 0.15) is 12.5 Å². The summed E-state index contributed by atoms with van der Waals surface area (Å²) in [5, 5.41) is 14.5. The first-order chi connectivity index (χ1) is 12.5. The van der Waals surface area contributed by atoms with E-state index >= 15 is 0 Å². The van der Waals surface area contributed by atoms with Gasteiger partial charge in [0.15, 0.2) is 0 Å². The molecule has 0 bridgehead atoms. The van der Waals surface area contributed by atoms with E-state index in [9.17, 15) is 14.9 Å². The molecule has 1 amide bonds. The molecule has 0 saturated carbocycles. The number of piperazine rings is 1. The number of carbonyl (C=O) groups is 1. The Morgan fingerprint density at radius 2 is 1.81 bits per heavy atom. The van der Waals surface area contributed by atoms with Gasteiger partial charge in [-0.2, -0.15) is 0 Å². The van der Waals surface area contributed by atoms with E-state index in [2.05, 4.69) is 10.2 Å². The van der Waals surface area contributed by atoms with Crippen LogP contribution in [0.25, 0.3) is 0 Å². The second-order valence-electron chi connectivity index (χ2n) is 6.29. The Kier molecular flexibility index (Phi) is 5.36. The summed E-state index contributed by atoms with van der Waals surface area (Å²) in [6.07, 6.45) is 0. The standard InChI is InChI=1S/C19H22N4O3/c1-15(24)21-9-11-22(12-10-21)17-7-8-19(23(25)26)18(13-17)20-14-16-5-3-2-4-6-16/h2-8,13,20H,9-12,14H2,1H3. The van der Waals surface area contributed by atoms with Gasteiger partial charge in [0.25, 0.3) is 5.69 Å². The molecule has 0 unspecified atom stereocenters. The minimum absolute atomic E-state index is 0.0621. The molecule has 2 aromatic rings. The van der Waals surface area contributed by atoms with Crippen molar-refractivity contribution in [2.24, 2.45) is 0 Å². The number of nitrogens with one attached hydrogen (secondary N) is 1. The summed E-state index contributed by atoms with van der Waals surface area (Å²) in [5.41, 5.74) is 2.55. The van der Waals surface area contributed by atoms with E-state index in [1.54, 1.807) is 19.1 Å². The SMILES string of the molecule is CC(=O)N1CCN(c2ccc([N+](=O)[O-])c(NCc3ccccc3)c2)CC1. The van der Waals surface area contributed by atoms with Crippen LogP contribution in [0.3, 0.4) is 0 Å². The van der Waals surface area contributed by atoms with Crippen molar-refractivity contribution in [3.05, 3.63) is 64.2 Å². The molecule has 1 saturated heterocycles. The molecule has 0 radical (unpaired) electrons. The first kappa shape index (κ1) is 17.7. The summed E-state index contributed by atoms with van der Waals surface area (Å²) < 4.78 is 0. The summed E-state index contributed by atoms with van der Waals surface area (Å²) >= 11 is 0. The predicted octanol–water partition coefficient (Wildman–Crippen LogP) is 2.88. The fourth-order valence-electron chi connectivity index (χ4n) is 3.09. The highest BCUT2D eigenvalue weighted by molar-refractivity contribution is 5.74. The van der Waals surface area contributed by atoms with Crippen molar-refractivity contribution in [1.82, 2.24) is 4.90 Å². The molecular formula is C19H22N4O3. The fraction of sp³-hybridized carbons (Fsp3) is 0.316. The molecule has 7 nitrogen and oxygen atoms in total. The molecule has 2 aromatic carbocycles. The number of benzene rings is 2. The van der Waals surface area contributed by atoms with Gasteiger partial charge in [-0.3, -0.25) is 14.9 Å². The largest absolute Gasteiger partial charge is 0.375 e. The number of anilines is 2. The zero-order valence-electron chi connectivity index (χ0n) is 14.7. The molecule has 1 fully saturated rings. The lowest BCUT2D eigenvalue weighted by molar-refractivity contribution is -0.384. The lowest BCUT2D eigenvalue weighted by Crippen LogP contribution is -2.48. The molecule has 1 heterocycles. The molecule has 26 heavy (non-hydrogen) atoms. The zero-order valence-corrected chi connectivity index (χ0v) is 14.7. The highest BCUT2D eigenvalue weighted by Gasteiger charge is 2.21. The first-order valence-electron chi connectivity index (χ1n) is 8.61. The number of hydrogen-bond donors (Lipinski definition) is 1. The van der Waals surface area contributed by atoms with Crippen molar-refractivity contribution in [3.63, 3.8) is 0 Å². The van der Waals surface area contributed by atoms with Gasteiger partial charge in [-0.1, -0.05) is 30.3 Å². The Hall–Kier alpha value is -3.09. The van der Waals surface area contributed by atoms with Gasteiger partial charge in [0.1, 0.15) is 5.69 Å². The molecule has 1 aliphatic heterocycles. The number of hydrogen-bond acceptors (Lipinski definition) is 5. The average Bonchev–Trinajstić information content (AvgIpc) is 2.67. The van der Waals surface area contributed by atoms with Crippen LogP contribution >= 0.6 is 0 Å². The van der Waals surface area contributed by atoms with Gasteiger partial charge in [0, 0.05) is 51.4 Å². The Balaban J connectivity index is 1.76. The van der Waals surface area contributed by atoms with Gasteiger partial charge in [-0.15, -0.1) is 0 Å². The predicted molar refractivity (Wildman–Crippen MR) is 101 cm³/mol. The summed E-state index contributed by atoms with van der Waals surface area (Å²) in [6.45, 7) is 4.86. The molecule has 0 aromatic heterocycles. The van der Waals surface area contributed by atoms with Gasteiger partial charge in [-0.25, -0.2) is 0 Å². The molecule has 1 aliphatic rings. The smallest absolute Gasteiger partial charge is 0.292 e. The summed E-state index contributed by atoms with van der Waals surface area (Å²) in [7, 11) is 0. The highest BCUT2D eigenvalue weighted by atomic mass is 16.6. The number of carbonyl (C=O) groups excluding carboxylic acids is 1. The van der Waals surface area contributed by atoms with Gasteiger partial charge in [0.2, 0.25) is 5.91 Å². The van der Waals surface area contributed by atoms with Gasteiger partial charge in [-0.05, 0) is 17.7 Å². The second-order valence-corrected chi connectivity index (χ2v) is 6.29. The molecule has 0 atom stereocenters. The molecule has 0 aliphatic carbocycles. The monoisotopic (exact) mass is 354 g/mol. The Labute approximate surface area is 152 Å². The normalized spacial score (nSPS) is 14.2. The van der Waals surface area contributed by atoms with Gasteiger partial charge < -0.3 is 15.1 Å². The quantitative estimate of drug-likeness (QED) is 0.660. The average molecular weight is 354 g/mol. The third kappa shape index (κ3) is 4.11. The highest BCUT2D eigenvalue weighted by Crippen LogP contribution is 2.30. The third-order valence-electron chi connectivity index (χ3n) is 4.59. The van der Waals surface area contributed by atoms with Crippen molar-refractivity contribution in [1.29, 1.82) is 0 Å². The van der Waals surface area contributed by atoms with E-state index in [-0.39, 0.29) is 16.5 Å². The van der Waals surface area contributed by atoms with E-state index in [0.717, 1.165) is 24.3 Å². The van der Waals surface area contributed by atoms with Crippen LogP contribution in [0.15, 0.2) is 48.5 Å². The Bertz CT molecular complexity index is 787. The zero-order chi connectivity index (χ0) is 18.5. The molecule has 7 heteroatoms. The van der Waals surface area contributed by atoms with Gasteiger partial charge >= 0.3 is 0 Å². The maximum absolute atomic E-state index is 11.5. The van der Waals surface area contributed by atoms with Crippen molar-refractivity contribution in [2.45, 2.75) is 13.5 Å². The van der Waals surface area contributed by atoms with Crippen molar-refractivity contribution in [2.75, 3.05) is 36.4 Å². The molecule has 3 rings (SSSR count). The second kappa shape index (κ2) is 7.86. The van der Waals surface area contributed by atoms with Crippen LogP contribution in [-0.4, -0.2) is 41.9 Å². The maximum atomic E-state index is 11.5. The number of nitro benzene ring substituents is 1. The summed E-state index contributed by atoms with van der Waals surface area (Å²) in [4.78, 5) is 26.4. The maximum Gasteiger partial charge on any atom is 0.292 e. The number of nitro groups is 1. The van der Waals surface area contributed by atoms with E-state index in [4.69, 9.17) is 0 Å². The minimum Gasteiger partial charge on any atom is -0.375 e. The van der Waals surface area contributed by atoms with Crippen LogP contribution in [0, 0.1) is 10.1 Å². The number of amides is 1. The van der Waals surface area contributed by atoms with Gasteiger partial charge in [0.05, 0.1) is 4.92 Å². The minimum atomic E-state index is -0.370. The van der Waals surface area contributed by atoms with Crippen molar-refractivity contribution < 1.29 is 9.72 Å². The third-order valence-corrected chi connectivity index (χ3v) is 4.59. The Morgan fingerprint density at radius 3 is 2.42 bits per heavy atom. The number of nitrogens with zero attached hydrogens (tertiary/aromatic N) is 3. The molecule has 1 N–H and O–H groups in total. The molecule has 136 valence electrons. The van der Waals surface area contributed by atoms with E-state index in [1.165, 1.54) is 0 Å². The lowest BCUT2D eigenvalue weighted by atomic mass is 10.2. The molecular weight excluding hydrogens is 332 g/mol. The topological polar surface area (TPSA) is 78.7 Å². The van der Waals surface area contributed by atoms with E-state index < -0.39 is 0 Å². The van der Waals surface area contributed by atoms with Crippen LogP contribution in [0.2, 0.25) is 0 Å². The van der Waals surface area contributed by atoms with Crippen LogP contribution in [0.4, 0.5) is 17.1 Å². The summed E-state index contributed by atoms with van der Waals surface area (Å²) in [5.74, 6) is 0.0820. The lowest BCUT2D eigenvalue weighted by Gasteiger charge is -2.35. The van der Waals surface area contributed by atoms with Crippen LogP contribution in [-0.2, 0) is 11.3 Å². The molecule has 0 spiro atoms.